The molecule has 1 aromatic heterocycles. The van der Waals surface area contributed by atoms with E-state index in [-0.39, 0.29) is 0 Å². The van der Waals surface area contributed by atoms with E-state index < -0.39 is 11.6 Å². The number of halogens is 2. The van der Waals surface area contributed by atoms with Crippen molar-refractivity contribution in [2.45, 2.75) is 19.3 Å². The minimum absolute atomic E-state index is 0.299. The predicted octanol–water partition coefficient (Wildman–Crippen LogP) is 2.56. The van der Waals surface area contributed by atoms with Crippen LogP contribution in [0.25, 0.3) is 11.4 Å². The lowest BCUT2D eigenvalue weighted by Gasteiger charge is -2.20. The SMILES string of the molecule is Fc1ccc(-c2noc(CC3CCNCC3)n2)cc1F. The topological polar surface area (TPSA) is 51.0 Å². The number of hydrogen-bond acceptors (Lipinski definition) is 4. The molecule has 2 heterocycles. The Morgan fingerprint density at radius 1 is 1.20 bits per heavy atom. The van der Waals surface area contributed by atoms with E-state index in [1.165, 1.54) is 6.07 Å². The fourth-order valence-electron chi connectivity index (χ4n) is 2.42. The Morgan fingerprint density at radius 2 is 2.00 bits per heavy atom. The van der Waals surface area contributed by atoms with Gasteiger partial charge in [0.1, 0.15) is 0 Å². The van der Waals surface area contributed by atoms with Gasteiger partial charge in [0.15, 0.2) is 11.6 Å². The second-order valence-corrected chi connectivity index (χ2v) is 5.04. The molecule has 0 spiro atoms. The average molecular weight is 279 g/mol. The van der Waals surface area contributed by atoms with Gasteiger partial charge in [0, 0.05) is 12.0 Å². The molecule has 3 rings (SSSR count). The maximum absolute atomic E-state index is 13.2. The van der Waals surface area contributed by atoms with E-state index in [4.69, 9.17) is 4.52 Å². The number of hydrogen-bond donors (Lipinski definition) is 1. The first-order valence-corrected chi connectivity index (χ1v) is 6.71. The molecule has 1 saturated heterocycles. The number of aromatic nitrogens is 2. The van der Waals surface area contributed by atoms with Crippen LogP contribution in [0, 0.1) is 17.6 Å². The summed E-state index contributed by atoms with van der Waals surface area (Å²) in [6.07, 6.45) is 2.91. The van der Waals surface area contributed by atoms with Crippen LogP contribution in [0.2, 0.25) is 0 Å². The number of benzene rings is 1. The molecule has 1 N–H and O–H groups in total. The Labute approximate surface area is 115 Å². The third kappa shape index (κ3) is 2.85. The molecule has 106 valence electrons. The van der Waals surface area contributed by atoms with Crippen molar-refractivity contribution in [1.29, 1.82) is 0 Å². The number of rotatable bonds is 3. The molecule has 1 aliphatic heterocycles. The van der Waals surface area contributed by atoms with Gasteiger partial charge >= 0.3 is 0 Å². The maximum atomic E-state index is 13.2. The van der Waals surface area contributed by atoms with Crippen LogP contribution in [0.3, 0.4) is 0 Å². The Balaban J connectivity index is 1.73. The van der Waals surface area contributed by atoms with Crippen molar-refractivity contribution in [2.75, 3.05) is 13.1 Å². The van der Waals surface area contributed by atoms with Gasteiger partial charge in [-0.25, -0.2) is 8.78 Å². The second-order valence-electron chi connectivity index (χ2n) is 5.04. The molecule has 1 aliphatic rings. The van der Waals surface area contributed by atoms with Crippen molar-refractivity contribution >= 4 is 0 Å². The lowest BCUT2D eigenvalue weighted by molar-refractivity contribution is 0.313. The molecule has 0 aliphatic carbocycles. The molecule has 1 aromatic carbocycles. The normalized spacial score (nSPS) is 16.5. The van der Waals surface area contributed by atoms with Crippen molar-refractivity contribution < 1.29 is 13.3 Å². The molecule has 0 saturated carbocycles. The van der Waals surface area contributed by atoms with E-state index in [9.17, 15) is 8.78 Å². The summed E-state index contributed by atoms with van der Waals surface area (Å²) in [7, 11) is 0. The summed E-state index contributed by atoms with van der Waals surface area (Å²) >= 11 is 0. The van der Waals surface area contributed by atoms with Gasteiger partial charge in [0.25, 0.3) is 0 Å². The van der Waals surface area contributed by atoms with Crippen molar-refractivity contribution in [1.82, 2.24) is 15.5 Å². The molecule has 2 aromatic rings. The van der Waals surface area contributed by atoms with Crippen LogP contribution in [0.5, 0.6) is 0 Å². The zero-order valence-corrected chi connectivity index (χ0v) is 10.9. The van der Waals surface area contributed by atoms with Crippen molar-refractivity contribution in [3.05, 3.63) is 35.7 Å². The highest BCUT2D eigenvalue weighted by Gasteiger charge is 2.18. The monoisotopic (exact) mass is 279 g/mol. The fourth-order valence-corrected chi connectivity index (χ4v) is 2.42. The highest BCUT2D eigenvalue weighted by Crippen LogP contribution is 2.21. The Bertz CT molecular complexity index is 594. The van der Waals surface area contributed by atoms with Crippen LogP contribution < -0.4 is 5.32 Å². The van der Waals surface area contributed by atoms with E-state index in [0.717, 1.165) is 44.5 Å². The van der Waals surface area contributed by atoms with Crippen LogP contribution in [-0.2, 0) is 6.42 Å². The molecule has 0 amide bonds. The Hall–Kier alpha value is -1.82. The molecular weight excluding hydrogens is 264 g/mol. The highest BCUT2D eigenvalue weighted by atomic mass is 19.2. The summed E-state index contributed by atoms with van der Waals surface area (Å²) < 4.78 is 31.3. The van der Waals surface area contributed by atoms with Gasteiger partial charge < -0.3 is 9.84 Å². The molecule has 0 bridgehead atoms. The second kappa shape index (κ2) is 5.66. The lowest BCUT2D eigenvalue weighted by Crippen LogP contribution is -2.28. The minimum Gasteiger partial charge on any atom is -0.339 e. The molecule has 1 fully saturated rings. The van der Waals surface area contributed by atoms with Gasteiger partial charge in [-0.05, 0) is 50.0 Å². The summed E-state index contributed by atoms with van der Waals surface area (Å²) in [6, 6.07) is 3.58. The third-order valence-electron chi connectivity index (χ3n) is 3.57. The standard InChI is InChI=1S/C14H15F2N3O/c15-11-2-1-10(8-12(11)16)14-18-13(20-19-14)7-9-3-5-17-6-4-9/h1-2,8-9,17H,3-7H2. The zero-order valence-electron chi connectivity index (χ0n) is 10.9. The van der Waals surface area contributed by atoms with Crippen LogP contribution >= 0.6 is 0 Å². The quantitative estimate of drug-likeness (QED) is 0.938. The van der Waals surface area contributed by atoms with E-state index in [1.54, 1.807) is 0 Å². The van der Waals surface area contributed by atoms with Crippen molar-refractivity contribution in [3.8, 4) is 11.4 Å². The lowest BCUT2D eigenvalue weighted by atomic mass is 9.95. The Kier molecular flexibility index (Phi) is 3.73. The molecule has 20 heavy (non-hydrogen) atoms. The van der Waals surface area contributed by atoms with Crippen LogP contribution in [0.15, 0.2) is 22.7 Å². The first-order chi connectivity index (χ1) is 9.72. The van der Waals surface area contributed by atoms with Gasteiger partial charge in [0.2, 0.25) is 11.7 Å². The minimum atomic E-state index is -0.910. The Morgan fingerprint density at radius 3 is 2.75 bits per heavy atom. The first-order valence-electron chi connectivity index (χ1n) is 6.71. The molecule has 0 radical (unpaired) electrons. The van der Waals surface area contributed by atoms with Crippen molar-refractivity contribution in [2.24, 2.45) is 5.92 Å². The largest absolute Gasteiger partial charge is 0.339 e. The molecule has 4 nitrogen and oxygen atoms in total. The fraction of sp³-hybridized carbons (Fsp3) is 0.429. The van der Waals surface area contributed by atoms with Gasteiger partial charge in [0.05, 0.1) is 0 Å². The summed E-state index contributed by atoms with van der Waals surface area (Å²) in [5.74, 6) is -0.404. The van der Waals surface area contributed by atoms with Gasteiger partial charge in [-0.2, -0.15) is 4.98 Å². The molecule has 0 unspecified atom stereocenters. The highest BCUT2D eigenvalue weighted by molar-refractivity contribution is 5.54. The molecule has 0 atom stereocenters. The van der Waals surface area contributed by atoms with Crippen molar-refractivity contribution in [3.63, 3.8) is 0 Å². The van der Waals surface area contributed by atoms with E-state index in [1.807, 2.05) is 0 Å². The van der Waals surface area contributed by atoms with E-state index in [0.29, 0.717) is 23.2 Å². The van der Waals surface area contributed by atoms with Crippen LogP contribution in [0.4, 0.5) is 8.78 Å². The summed E-state index contributed by atoms with van der Waals surface area (Å²) in [4.78, 5) is 4.26. The van der Waals surface area contributed by atoms with Crippen LogP contribution in [0.1, 0.15) is 18.7 Å². The van der Waals surface area contributed by atoms with E-state index in [2.05, 4.69) is 15.5 Å². The summed E-state index contributed by atoms with van der Waals surface area (Å²) in [6.45, 7) is 2.02. The number of piperidine rings is 1. The van der Waals surface area contributed by atoms with Gasteiger partial charge in [-0.3, -0.25) is 0 Å². The average Bonchev–Trinajstić information content (AvgIpc) is 2.91. The third-order valence-corrected chi connectivity index (χ3v) is 3.57. The molecule has 6 heteroatoms. The van der Waals surface area contributed by atoms with Gasteiger partial charge in [-0.15, -0.1) is 0 Å². The van der Waals surface area contributed by atoms with Gasteiger partial charge in [-0.1, -0.05) is 5.16 Å². The summed E-state index contributed by atoms with van der Waals surface area (Å²) in [5.41, 5.74) is 0.421. The zero-order chi connectivity index (χ0) is 13.9. The van der Waals surface area contributed by atoms with E-state index >= 15 is 0 Å². The first kappa shape index (κ1) is 13.2. The maximum Gasteiger partial charge on any atom is 0.227 e. The molecular formula is C14H15F2N3O. The number of nitrogens with zero attached hydrogens (tertiary/aromatic N) is 2. The number of nitrogens with one attached hydrogen (secondary N) is 1. The summed E-state index contributed by atoms with van der Waals surface area (Å²) in [5, 5.41) is 7.13. The predicted molar refractivity (Wildman–Crippen MR) is 68.9 cm³/mol. The van der Waals surface area contributed by atoms with Crippen LogP contribution in [-0.4, -0.2) is 23.2 Å². The smallest absolute Gasteiger partial charge is 0.227 e.